The molecule has 4 nitrogen and oxygen atoms in total. The van der Waals surface area contributed by atoms with E-state index in [-0.39, 0.29) is 23.0 Å². The van der Waals surface area contributed by atoms with Gasteiger partial charge in [0.15, 0.2) is 0 Å². The van der Waals surface area contributed by atoms with Crippen LogP contribution < -0.4 is 0 Å². The number of rotatable bonds is 2. The zero-order valence-electron chi connectivity index (χ0n) is 8.81. The number of halogens is 2. The fraction of sp³-hybridized carbons (Fsp3) is 0.400. The normalized spacial score (nSPS) is 21.9. The molecule has 0 radical (unpaired) electrons. The number of sulfonamides is 1. The molecule has 94 valence electrons. The Labute approximate surface area is 104 Å². The van der Waals surface area contributed by atoms with E-state index in [9.17, 15) is 17.9 Å². The predicted molar refractivity (Wildman–Crippen MR) is 60.8 cm³/mol. The first-order valence-electron chi connectivity index (χ1n) is 5.04. The minimum atomic E-state index is -3.74. The van der Waals surface area contributed by atoms with Crippen molar-refractivity contribution >= 4 is 21.6 Å². The van der Waals surface area contributed by atoms with Gasteiger partial charge in [-0.3, -0.25) is 0 Å². The Morgan fingerprint density at radius 2 is 2.18 bits per heavy atom. The Kier molecular flexibility index (Phi) is 3.40. The van der Waals surface area contributed by atoms with Gasteiger partial charge in [0, 0.05) is 13.1 Å². The largest absolute Gasteiger partial charge is 0.392 e. The molecule has 1 saturated heterocycles. The number of β-amino-alcohol motifs (C(OH)–C–C–N with tert-alkyl or cyclic N) is 1. The van der Waals surface area contributed by atoms with Crippen LogP contribution in [0.15, 0.2) is 23.1 Å². The van der Waals surface area contributed by atoms with E-state index in [1.807, 2.05) is 0 Å². The second-order valence-electron chi connectivity index (χ2n) is 3.88. The molecule has 1 aliphatic heterocycles. The molecule has 1 fully saturated rings. The first-order chi connectivity index (χ1) is 7.91. The van der Waals surface area contributed by atoms with Gasteiger partial charge in [-0.1, -0.05) is 11.6 Å². The van der Waals surface area contributed by atoms with Crippen molar-refractivity contribution in [2.75, 3.05) is 13.1 Å². The van der Waals surface area contributed by atoms with E-state index < -0.39 is 21.9 Å². The topological polar surface area (TPSA) is 57.6 Å². The summed E-state index contributed by atoms with van der Waals surface area (Å²) in [5.74, 6) is -0.588. The van der Waals surface area contributed by atoms with Crippen molar-refractivity contribution in [2.45, 2.75) is 17.4 Å². The summed E-state index contributed by atoms with van der Waals surface area (Å²) in [7, 11) is -3.74. The van der Waals surface area contributed by atoms with Gasteiger partial charge in [0.1, 0.15) is 10.7 Å². The Bertz CT molecular complexity index is 534. The van der Waals surface area contributed by atoms with Crippen LogP contribution in [0.1, 0.15) is 6.42 Å². The third kappa shape index (κ3) is 2.44. The quantitative estimate of drug-likeness (QED) is 0.886. The monoisotopic (exact) mass is 279 g/mol. The number of benzene rings is 1. The molecule has 1 aromatic carbocycles. The van der Waals surface area contributed by atoms with E-state index in [1.165, 1.54) is 0 Å². The van der Waals surface area contributed by atoms with Crippen molar-refractivity contribution in [1.82, 2.24) is 4.31 Å². The molecule has 17 heavy (non-hydrogen) atoms. The van der Waals surface area contributed by atoms with E-state index in [1.54, 1.807) is 0 Å². The maximum absolute atomic E-state index is 12.8. The van der Waals surface area contributed by atoms with Crippen LogP contribution in [0, 0.1) is 5.82 Å². The summed E-state index contributed by atoms with van der Waals surface area (Å²) in [4.78, 5) is -0.130. The Morgan fingerprint density at radius 1 is 1.47 bits per heavy atom. The molecule has 7 heteroatoms. The highest BCUT2D eigenvalue weighted by atomic mass is 35.5. The lowest BCUT2D eigenvalue weighted by Gasteiger charge is -2.16. The standard InChI is InChI=1S/C10H11ClFNO3S/c11-9-5-7(12)1-2-10(9)17(15,16)13-4-3-8(14)6-13/h1-2,5,8,14H,3-4,6H2. The summed E-state index contributed by atoms with van der Waals surface area (Å²) in [6.45, 7) is 0.299. The number of aliphatic hydroxyl groups is 1. The molecule has 2 rings (SSSR count). The van der Waals surface area contributed by atoms with E-state index >= 15 is 0 Å². The van der Waals surface area contributed by atoms with Crippen LogP contribution >= 0.6 is 11.6 Å². The average Bonchev–Trinajstić information content (AvgIpc) is 2.64. The van der Waals surface area contributed by atoms with Gasteiger partial charge in [-0.05, 0) is 24.6 Å². The summed E-state index contributed by atoms with van der Waals surface area (Å²) >= 11 is 5.72. The minimum absolute atomic E-state index is 0.0516. The van der Waals surface area contributed by atoms with Gasteiger partial charge in [0.2, 0.25) is 10.0 Å². The molecule has 0 aromatic heterocycles. The average molecular weight is 280 g/mol. The lowest BCUT2D eigenvalue weighted by molar-refractivity contribution is 0.189. The first-order valence-corrected chi connectivity index (χ1v) is 6.86. The Balaban J connectivity index is 2.38. The molecule has 0 spiro atoms. The first kappa shape index (κ1) is 12.8. The van der Waals surface area contributed by atoms with E-state index in [2.05, 4.69) is 0 Å². The van der Waals surface area contributed by atoms with Gasteiger partial charge in [0.05, 0.1) is 11.1 Å². The minimum Gasteiger partial charge on any atom is -0.392 e. The van der Waals surface area contributed by atoms with Crippen LogP contribution in [0.4, 0.5) is 4.39 Å². The van der Waals surface area contributed by atoms with Crippen molar-refractivity contribution < 1.29 is 17.9 Å². The highest BCUT2D eigenvalue weighted by molar-refractivity contribution is 7.89. The number of hydrogen-bond acceptors (Lipinski definition) is 3. The van der Waals surface area contributed by atoms with E-state index in [4.69, 9.17) is 11.6 Å². The van der Waals surface area contributed by atoms with Gasteiger partial charge in [-0.25, -0.2) is 12.8 Å². The number of aliphatic hydroxyl groups excluding tert-OH is 1. The van der Waals surface area contributed by atoms with E-state index in [0.29, 0.717) is 6.42 Å². The highest BCUT2D eigenvalue weighted by Gasteiger charge is 2.32. The molecule has 0 saturated carbocycles. The predicted octanol–water partition coefficient (Wildman–Crippen LogP) is 1.23. The smallest absolute Gasteiger partial charge is 0.244 e. The summed E-state index contributed by atoms with van der Waals surface area (Å²) in [5, 5.41) is 9.18. The van der Waals surface area contributed by atoms with Gasteiger partial charge in [-0.2, -0.15) is 4.31 Å². The molecule has 0 aliphatic carbocycles. The summed E-state index contributed by atoms with van der Waals surface area (Å²) in [5.41, 5.74) is 0. The van der Waals surface area contributed by atoms with E-state index in [0.717, 1.165) is 22.5 Å². The van der Waals surface area contributed by atoms with Gasteiger partial charge < -0.3 is 5.11 Å². The zero-order valence-corrected chi connectivity index (χ0v) is 10.4. The fourth-order valence-electron chi connectivity index (χ4n) is 1.75. The molecule has 1 N–H and O–H groups in total. The van der Waals surface area contributed by atoms with Crippen LogP contribution in [0.5, 0.6) is 0 Å². The van der Waals surface area contributed by atoms with Crippen molar-refractivity contribution in [3.05, 3.63) is 29.0 Å². The zero-order chi connectivity index (χ0) is 12.6. The van der Waals surface area contributed by atoms with Crippen molar-refractivity contribution in [2.24, 2.45) is 0 Å². The summed E-state index contributed by atoms with van der Waals surface area (Å²) in [6, 6.07) is 3.14. The maximum Gasteiger partial charge on any atom is 0.244 e. The third-order valence-corrected chi connectivity index (χ3v) is 4.99. The van der Waals surface area contributed by atoms with Gasteiger partial charge in [0.25, 0.3) is 0 Å². The molecule has 0 bridgehead atoms. The summed E-state index contributed by atoms with van der Waals surface area (Å²) < 4.78 is 38.2. The van der Waals surface area contributed by atoms with Crippen LogP contribution in [0.25, 0.3) is 0 Å². The van der Waals surface area contributed by atoms with Crippen LogP contribution in [-0.4, -0.2) is 37.0 Å². The molecule has 0 amide bonds. The Hall–Kier alpha value is -0.690. The van der Waals surface area contributed by atoms with Gasteiger partial charge in [-0.15, -0.1) is 0 Å². The highest BCUT2D eigenvalue weighted by Crippen LogP contribution is 2.27. The lowest BCUT2D eigenvalue weighted by Crippen LogP contribution is -2.29. The number of hydrogen-bond donors (Lipinski definition) is 1. The third-order valence-electron chi connectivity index (χ3n) is 2.64. The molecular formula is C10H11ClFNO3S. The second-order valence-corrected chi connectivity index (χ2v) is 6.19. The molecular weight excluding hydrogens is 269 g/mol. The molecule has 1 aromatic rings. The van der Waals surface area contributed by atoms with Gasteiger partial charge >= 0.3 is 0 Å². The lowest BCUT2D eigenvalue weighted by atomic mass is 10.3. The molecule has 1 aliphatic rings. The van der Waals surface area contributed by atoms with Crippen LogP contribution in [-0.2, 0) is 10.0 Å². The van der Waals surface area contributed by atoms with Crippen molar-refractivity contribution in [3.8, 4) is 0 Å². The second kappa shape index (κ2) is 4.53. The van der Waals surface area contributed by atoms with Crippen molar-refractivity contribution in [1.29, 1.82) is 0 Å². The maximum atomic E-state index is 12.8. The molecule has 1 heterocycles. The van der Waals surface area contributed by atoms with Crippen molar-refractivity contribution in [3.63, 3.8) is 0 Å². The number of nitrogens with zero attached hydrogens (tertiary/aromatic N) is 1. The summed E-state index contributed by atoms with van der Waals surface area (Å²) in [6.07, 6.45) is -0.248. The molecule has 1 unspecified atom stereocenters. The Morgan fingerprint density at radius 3 is 2.71 bits per heavy atom. The van der Waals surface area contributed by atoms with Crippen LogP contribution in [0.3, 0.4) is 0 Å². The fourth-order valence-corrected chi connectivity index (χ4v) is 3.75. The SMILES string of the molecule is O=S(=O)(c1ccc(F)cc1Cl)N1CCC(O)C1. The van der Waals surface area contributed by atoms with Crippen LogP contribution in [0.2, 0.25) is 5.02 Å². The molecule has 1 atom stereocenters.